The summed E-state index contributed by atoms with van der Waals surface area (Å²) < 4.78 is 36.2. The van der Waals surface area contributed by atoms with Crippen LogP contribution in [-0.4, -0.2) is 54.4 Å². The average molecular weight is 636 g/mol. The first-order valence-corrected chi connectivity index (χ1v) is 14.2. The van der Waals surface area contributed by atoms with Gasteiger partial charge in [-0.15, -0.1) is 5.10 Å². The molecule has 2 fully saturated rings. The Kier molecular flexibility index (Phi) is 6.69. The highest BCUT2D eigenvalue weighted by Gasteiger charge is 2.40. The minimum absolute atomic E-state index is 0.0704. The molecule has 1 saturated carbocycles. The van der Waals surface area contributed by atoms with Crippen molar-refractivity contribution in [2.75, 3.05) is 22.1 Å². The van der Waals surface area contributed by atoms with Crippen LogP contribution in [0.5, 0.6) is 5.75 Å². The van der Waals surface area contributed by atoms with Gasteiger partial charge in [0.05, 0.1) is 18.4 Å². The maximum atomic E-state index is 14.6. The maximum Gasteiger partial charge on any atom is 0.247 e. The molecule has 0 radical (unpaired) electrons. The Morgan fingerprint density at radius 3 is 2.81 bits per heavy atom. The Morgan fingerprint density at radius 2 is 2.02 bits per heavy atom. The monoisotopic (exact) mass is 635 g/mol. The van der Waals surface area contributed by atoms with Crippen molar-refractivity contribution in [3.8, 4) is 5.75 Å². The lowest BCUT2D eigenvalue weighted by Gasteiger charge is -2.24. The van der Waals surface area contributed by atoms with Crippen molar-refractivity contribution < 1.29 is 18.3 Å². The number of amides is 1. The van der Waals surface area contributed by atoms with E-state index >= 15 is 0 Å². The molecule has 11 nitrogen and oxygen atoms in total. The Labute approximate surface area is 246 Å². The SMILES string of the molecule is O=C(Nc1ccc(F)nc1)[C@@H]1C[C@H](Oc2ccc(Br)cc2F)CN1c1nc(Nc2cc(C3CC3)[nH]n2)c2cccn2n1. The Hall–Kier alpha value is -4.59. The van der Waals surface area contributed by atoms with Crippen LogP contribution in [-0.2, 0) is 4.79 Å². The third-order valence-electron chi connectivity index (χ3n) is 7.25. The lowest BCUT2D eigenvalue weighted by molar-refractivity contribution is -0.117. The zero-order chi connectivity index (χ0) is 28.8. The summed E-state index contributed by atoms with van der Waals surface area (Å²) in [6.07, 6.45) is 4.96. The number of pyridine rings is 1. The number of ether oxygens (including phenoxy) is 1. The number of nitrogens with one attached hydrogen (secondary N) is 3. The minimum Gasteiger partial charge on any atom is -0.485 e. The number of aromatic nitrogens is 6. The van der Waals surface area contributed by atoms with Gasteiger partial charge in [0.2, 0.25) is 17.8 Å². The van der Waals surface area contributed by atoms with E-state index in [1.165, 1.54) is 24.4 Å². The largest absolute Gasteiger partial charge is 0.485 e. The van der Waals surface area contributed by atoms with Crippen LogP contribution in [0.3, 0.4) is 0 Å². The van der Waals surface area contributed by atoms with Crippen LogP contribution in [0.2, 0.25) is 0 Å². The van der Waals surface area contributed by atoms with Gasteiger partial charge in [0.25, 0.3) is 0 Å². The first kappa shape index (κ1) is 26.3. The Balaban J connectivity index is 1.21. The van der Waals surface area contributed by atoms with Crippen LogP contribution in [0.4, 0.5) is 32.1 Å². The van der Waals surface area contributed by atoms with Crippen LogP contribution in [0.25, 0.3) is 5.52 Å². The van der Waals surface area contributed by atoms with E-state index in [-0.39, 0.29) is 24.7 Å². The standard InChI is InChI=1S/C28H24BrF2N9O2/c29-16-5-7-23(19(30)10-16)42-18-11-22(27(41)33-17-6-8-24(31)32-13-17)39(14-18)28-35-26(21-2-1-9-40(21)38-28)34-25-12-20(36-37-25)15-3-4-15/h1-2,5-10,12-13,15,18,22H,3-4,11,14H2,(H,33,41)(H2,34,35,36,37,38)/t18-,22-/m0/s1. The number of anilines is 4. The fraction of sp³-hybridized carbons (Fsp3) is 0.250. The average Bonchev–Trinajstić information content (AvgIpc) is 3.33. The van der Waals surface area contributed by atoms with Crippen molar-refractivity contribution in [1.29, 1.82) is 0 Å². The highest BCUT2D eigenvalue weighted by atomic mass is 79.9. The normalized spacial score (nSPS) is 18.4. The number of aromatic amines is 1. The zero-order valence-electron chi connectivity index (χ0n) is 22.0. The predicted molar refractivity (Wildman–Crippen MR) is 154 cm³/mol. The molecule has 1 aliphatic carbocycles. The summed E-state index contributed by atoms with van der Waals surface area (Å²) in [5.41, 5.74) is 2.13. The van der Waals surface area contributed by atoms with E-state index in [0.29, 0.717) is 27.7 Å². The summed E-state index contributed by atoms with van der Waals surface area (Å²) >= 11 is 3.26. The smallest absolute Gasteiger partial charge is 0.247 e. The lowest BCUT2D eigenvalue weighted by atomic mass is 10.1. The number of benzene rings is 1. The molecule has 5 aromatic rings. The first-order chi connectivity index (χ1) is 20.4. The van der Waals surface area contributed by atoms with Gasteiger partial charge in [-0.3, -0.25) is 9.89 Å². The van der Waals surface area contributed by atoms with Crippen LogP contribution in [0, 0.1) is 11.8 Å². The number of carbonyl (C=O) groups excluding carboxylic acids is 1. The van der Waals surface area contributed by atoms with Crippen molar-refractivity contribution in [3.63, 3.8) is 0 Å². The summed E-state index contributed by atoms with van der Waals surface area (Å²) in [6.45, 7) is 0.204. The molecule has 2 atom stereocenters. The van der Waals surface area contributed by atoms with Gasteiger partial charge in [-0.2, -0.15) is 14.5 Å². The van der Waals surface area contributed by atoms with Gasteiger partial charge in [0.1, 0.15) is 17.7 Å². The zero-order valence-corrected chi connectivity index (χ0v) is 23.6. The third-order valence-corrected chi connectivity index (χ3v) is 7.74. The molecule has 7 rings (SSSR count). The molecule has 14 heteroatoms. The predicted octanol–water partition coefficient (Wildman–Crippen LogP) is 5.17. The quantitative estimate of drug-likeness (QED) is 0.199. The number of fused-ring (bicyclic) bond motifs is 1. The fourth-order valence-corrected chi connectivity index (χ4v) is 5.37. The second-order valence-electron chi connectivity index (χ2n) is 10.3. The van der Waals surface area contributed by atoms with Crippen molar-refractivity contribution >= 4 is 50.6 Å². The number of H-pyrrole nitrogens is 1. The molecule has 4 aromatic heterocycles. The molecule has 42 heavy (non-hydrogen) atoms. The summed E-state index contributed by atoms with van der Waals surface area (Å²) in [6, 6.07) is 12.0. The number of rotatable bonds is 8. The van der Waals surface area contributed by atoms with Gasteiger partial charge in [-0.05, 0) is 55.3 Å². The molecule has 1 aromatic carbocycles. The molecular formula is C28H24BrF2N9O2. The summed E-state index contributed by atoms with van der Waals surface area (Å²) in [4.78, 5) is 23.7. The van der Waals surface area contributed by atoms with Gasteiger partial charge in [0.15, 0.2) is 23.2 Å². The highest BCUT2D eigenvalue weighted by molar-refractivity contribution is 9.10. The number of halogens is 3. The van der Waals surface area contributed by atoms with Crippen LogP contribution in [0.15, 0.2) is 65.4 Å². The molecule has 0 unspecified atom stereocenters. The number of nitrogens with zero attached hydrogens (tertiary/aromatic N) is 6. The number of carbonyl (C=O) groups is 1. The molecule has 214 valence electrons. The minimum atomic E-state index is -0.786. The van der Waals surface area contributed by atoms with Gasteiger partial charge in [0, 0.05) is 34.8 Å². The molecule has 1 saturated heterocycles. The molecule has 5 heterocycles. The third kappa shape index (κ3) is 5.36. The molecule has 1 amide bonds. The van der Waals surface area contributed by atoms with Crippen LogP contribution >= 0.6 is 15.9 Å². The topological polar surface area (TPSA) is 125 Å². The molecule has 0 bridgehead atoms. The van der Waals surface area contributed by atoms with E-state index in [0.717, 1.165) is 30.1 Å². The summed E-state index contributed by atoms with van der Waals surface area (Å²) in [5.74, 6) is 0.394. The van der Waals surface area contributed by atoms with E-state index < -0.39 is 29.8 Å². The fourth-order valence-electron chi connectivity index (χ4n) is 5.04. The van der Waals surface area contributed by atoms with Crippen molar-refractivity contribution in [3.05, 3.63) is 82.9 Å². The molecule has 3 N–H and O–H groups in total. The second kappa shape index (κ2) is 10.7. The van der Waals surface area contributed by atoms with E-state index in [1.54, 1.807) is 21.7 Å². The van der Waals surface area contributed by atoms with E-state index in [4.69, 9.17) is 9.72 Å². The highest BCUT2D eigenvalue weighted by Crippen LogP contribution is 2.40. The Morgan fingerprint density at radius 1 is 1.14 bits per heavy atom. The Bertz CT molecular complexity index is 1770. The summed E-state index contributed by atoms with van der Waals surface area (Å²) in [5, 5.41) is 18.2. The number of hydrogen-bond acceptors (Lipinski definition) is 8. The van der Waals surface area contributed by atoms with E-state index in [2.05, 4.69) is 46.8 Å². The van der Waals surface area contributed by atoms with Crippen LogP contribution < -0.4 is 20.3 Å². The second-order valence-corrected chi connectivity index (χ2v) is 11.2. The molecule has 0 spiro atoms. The first-order valence-electron chi connectivity index (χ1n) is 13.4. The molecule has 2 aliphatic rings. The van der Waals surface area contributed by atoms with Crippen molar-refractivity contribution in [2.45, 2.75) is 37.3 Å². The maximum absolute atomic E-state index is 14.6. The number of hydrogen-bond donors (Lipinski definition) is 3. The molecule has 1 aliphatic heterocycles. The van der Waals surface area contributed by atoms with E-state index in [9.17, 15) is 13.6 Å². The van der Waals surface area contributed by atoms with Crippen molar-refractivity contribution in [1.82, 2.24) is 29.8 Å². The van der Waals surface area contributed by atoms with Gasteiger partial charge < -0.3 is 20.3 Å². The summed E-state index contributed by atoms with van der Waals surface area (Å²) in [7, 11) is 0. The van der Waals surface area contributed by atoms with Gasteiger partial charge >= 0.3 is 0 Å². The van der Waals surface area contributed by atoms with Gasteiger partial charge in [-0.1, -0.05) is 15.9 Å². The van der Waals surface area contributed by atoms with Crippen LogP contribution in [0.1, 0.15) is 30.9 Å². The lowest BCUT2D eigenvalue weighted by Crippen LogP contribution is -2.41. The molecular weight excluding hydrogens is 612 g/mol. The van der Waals surface area contributed by atoms with Gasteiger partial charge in [-0.25, -0.2) is 13.9 Å². The van der Waals surface area contributed by atoms with E-state index in [1.807, 2.05) is 18.2 Å². The van der Waals surface area contributed by atoms with Crippen molar-refractivity contribution in [2.24, 2.45) is 0 Å².